The molecule has 12 heteroatoms. The number of thioether (sulfide) groups is 1. The lowest BCUT2D eigenvalue weighted by atomic mass is 10.2. The summed E-state index contributed by atoms with van der Waals surface area (Å²) < 4.78 is 1.43. The Labute approximate surface area is 214 Å². The van der Waals surface area contributed by atoms with Gasteiger partial charge in [-0.15, -0.1) is 5.10 Å². The second-order valence-corrected chi connectivity index (χ2v) is 8.82. The van der Waals surface area contributed by atoms with Gasteiger partial charge in [-0.1, -0.05) is 59.8 Å². The summed E-state index contributed by atoms with van der Waals surface area (Å²) in [5.41, 5.74) is 1.53. The van der Waals surface area contributed by atoms with Gasteiger partial charge in [0.05, 0.1) is 10.7 Å². The normalized spacial score (nSPS) is 10.6. The summed E-state index contributed by atoms with van der Waals surface area (Å²) >= 11 is 6.99. The number of hydrogen-bond acceptors (Lipinski definition) is 7. The van der Waals surface area contributed by atoms with Crippen molar-refractivity contribution in [2.45, 2.75) is 11.7 Å². The van der Waals surface area contributed by atoms with E-state index in [1.807, 2.05) is 30.3 Å². The number of anilines is 2. The van der Waals surface area contributed by atoms with Crippen LogP contribution in [0.5, 0.6) is 0 Å². The highest BCUT2D eigenvalue weighted by Crippen LogP contribution is 2.23. The van der Waals surface area contributed by atoms with Crippen molar-refractivity contribution in [1.82, 2.24) is 14.8 Å². The molecule has 0 bridgehead atoms. The number of non-ortho nitro benzene ring substituents is 1. The Balaban J connectivity index is 1.47. The zero-order chi connectivity index (χ0) is 25.5. The van der Waals surface area contributed by atoms with Crippen molar-refractivity contribution in [2.75, 3.05) is 16.4 Å². The zero-order valence-electron chi connectivity index (χ0n) is 18.6. The van der Waals surface area contributed by atoms with Crippen molar-refractivity contribution >= 4 is 52.2 Å². The molecule has 36 heavy (non-hydrogen) atoms. The molecule has 3 aromatic carbocycles. The molecule has 0 spiro atoms. The molecule has 0 atom stereocenters. The van der Waals surface area contributed by atoms with Gasteiger partial charge in [0, 0.05) is 34.1 Å². The Morgan fingerprint density at radius 2 is 1.67 bits per heavy atom. The molecule has 2 N–H and O–H groups in total. The first-order valence-corrected chi connectivity index (χ1v) is 12.0. The van der Waals surface area contributed by atoms with Crippen molar-refractivity contribution in [1.29, 1.82) is 0 Å². The van der Waals surface area contributed by atoms with Crippen LogP contribution in [0.2, 0.25) is 5.02 Å². The van der Waals surface area contributed by atoms with Gasteiger partial charge in [0.2, 0.25) is 11.8 Å². The maximum absolute atomic E-state index is 12.7. The van der Waals surface area contributed by atoms with Crippen molar-refractivity contribution in [3.8, 4) is 11.4 Å². The Bertz CT molecular complexity index is 1400. The molecule has 0 unspecified atom stereocenters. The molecule has 0 saturated heterocycles. The van der Waals surface area contributed by atoms with Crippen LogP contribution in [0.3, 0.4) is 0 Å². The summed E-state index contributed by atoms with van der Waals surface area (Å²) in [6, 6.07) is 21.6. The molecule has 182 valence electrons. The third kappa shape index (κ3) is 6.68. The lowest BCUT2D eigenvalue weighted by Gasteiger charge is -2.08. The number of halogens is 1. The summed E-state index contributed by atoms with van der Waals surface area (Å²) in [6.45, 7) is -0.128. The molecule has 0 saturated carbocycles. The van der Waals surface area contributed by atoms with E-state index >= 15 is 0 Å². The predicted molar refractivity (Wildman–Crippen MR) is 138 cm³/mol. The van der Waals surface area contributed by atoms with Gasteiger partial charge in [-0.05, 0) is 30.3 Å². The highest BCUT2D eigenvalue weighted by molar-refractivity contribution is 7.99. The van der Waals surface area contributed by atoms with E-state index < -0.39 is 4.92 Å². The predicted octanol–water partition coefficient (Wildman–Crippen LogP) is 4.88. The standard InChI is InChI=1S/C24H19ClN6O4S/c25-17-9-11-18(12-10-17)26-21(32)14-30-24(28-23(29-30)16-5-2-1-3-6-16)36-15-22(33)27-19-7-4-8-20(13-19)31(34)35/h1-13H,14-15H2,(H,26,32)(H,27,33). The fraction of sp³-hybridized carbons (Fsp3) is 0.0833. The Hall–Kier alpha value is -4.22. The third-order valence-electron chi connectivity index (χ3n) is 4.76. The fourth-order valence-corrected chi connectivity index (χ4v) is 4.00. The first-order chi connectivity index (χ1) is 17.4. The van der Waals surface area contributed by atoms with Crippen molar-refractivity contribution in [2.24, 2.45) is 0 Å². The van der Waals surface area contributed by atoms with Crippen LogP contribution in [-0.4, -0.2) is 37.3 Å². The van der Waals surface area contributed by atoms with Gasteiger partial charge in [0.25, 0.3) is 5.69 Å². The van der Waals surface area contributed by atoms with Crippen LogP contribution in [-0.2, 0) is 16.1 Å². The molecule has 4 rings (SSSR count). The minimum absolute atomic E-state index is 0.0472. The van der Waals surface area contributed by atoms with Gasteiger partial charge in [0.15, 0.2) is 11.0 Å². The van der Waals surface area contributed by atoms with E-state index in [1.54, 1.807) is 30.3 Å². The lowest BCUT2D eigenvalue weighted by molar-refractivity contribution is -0.384. The van der Waals surface area contributed by atoms with Crippen LogP contribution >= 0.6 is 23.4 Å². The largest absolute Gasteiger partial charge is 0.325 e. The van der Waals surface area contributed by atoms with Crippen LogP contribution < -0.4 is 10.6 Å². The van der Waals surface area contributed by atoms with E-state index in [9.17, 15) is 19.7 Å². The van der Waals surface area contributed by atoms with Gasteiger partial charge in [-0.25, -0.2) is 9.67 Å². The molecule has 0 aliphatic rings. The Morgan fingerprint density at radius 3 is 2.39 bits per heavy atom. The molecule has 0 fully saturated rings. The molecular weight excluding hydrogens is 504 g/mol. The molecule has 1 heterocycles. The van der Waals surface area contributed by atoms with Crippen LogP contribution in [0, 0.1) is 10.1 Å². The van der Waals surface area contributed by atoms with E-state index in [2.05, 4.69) is 20.7 Å². The fourth-order valence-electron chi connectivity index (χ4n) is 3.14. The second kappa shape index (κ2) is 11.5. The summed E-state index contributed by atoms with van der Waals surface area (Å²) in [6.07, 6.45) is 0. The van der Waals surface area contributed by atoms with Crippen LogP contribution in [0.1, 0.15) is 0 Å². The Kier molecular flexibility index (Phi) is 7.93. The van der Waals surface area contributed by atoms with Gasteiger partial charge < -0.3 is 10.6 Å². The monoisotopic (exact) mass is 522 g/mol. The van der Waals surface area contributed by atoms with Gasteiger partial charge in [-0.2, -0.15) is 0 Å². The topological polar surface area (TPSA) is 132 Å². The summed E-state index contributed by atoms with van der Waals surface area (Å²) in [5.74, 6) is -0.350. The van der Waals surface area contributed by atoms with Crippen molar-refractivity contribution < 1.29 is 14.5 Å². The minimum atomic E-state index is -0.535. The van der Waals surface area contributed by atoms with Gasteiger partial charge in [0.1, 0.15) is 6.54 Å². The van der Waals surface area contributed by atoms with Gasteiger partial charge >= 0.3 is 0 Å². The zero-order valence-corrected chi connectivity index (χ0v) is 20.2. The minimum Gasteiger partial charge on any atom is -0.325 e. The Morgan fingerprint density at radius 1 is 0.944 bits per heavy atom. The number of benzene rings is 3. The lowest BCUT2D eigenvalue weighted by Crippen LogP contribution is -2.20. The average Bonchev–Trinajstić information content (AvgIpc) is 3.27. The molecule has 0 radical (unpaired) electrons. The number of rotatable bonds is 9. The third-order valence-corrected chi connectivity index (χ3v) is 5.98. The summed E-state index contributed by atoms with van der Waals surface area (Å²) in [4.78, 5) is 40.1. The number of nitrogens with one attached hydrogen (secondary N) is 2. The average molecular weight is 523 g/mol. The van der Waals surface area contributed by atoms with E-state index in [4.69, 9.17) is 11.6 Å². The molecule has 1 aromatic heterocycles. The van der Waals surface area contributed by atoms with Crippen molar-refractivity contribution in [3.63, 3.8) is 0 Å². The summed E-state index contributed by atoms with van der Waals surface area (Å²) in [5, 5.41) is 21.8. The SMILES string of the molecule is O=C(CSc1nc(-c2ccccc2)nn1CC(=O)Nc1ccc(Cl)cc1)Nc1cccc([N+](=O)[O-])c1. The van der Waals surface area contributed by atoms with E-state index in [-0.39, 0.29) is 29.8 Å². The second-order valence-electron chi connectivity index (χ2n) is 7.44. The smallest absolute Gasteiger partial charge is 0.271 e. The molecular formula is C24H19ClN6O4S. The summed E-state index contributed by atoms with van der Waals surface area (Å²) in [7, 11) is 0. The number of nitrogens with zero attached hydrogens (tertiary/aromatic N) is 4. The molecule has 0 aliphatic heterocycles. The van der Waals surface area contributed by atoms with Crippen LogP contribution in [0.15, 0.2) is 84.0 Å². The maximum Gasteiger partial charge on any atom is 0.271 e. The molecule has 2 amide bonds. The first kappa shape index (κ1) is 24.9. The number of nitro benzene ring substituents is 1. The molecule has 0 aliphatic carbocycles. The number of hydrogen-bond donors (Lipinski definition) is 2. The number of carbonyl (C=O) groups excluding carboxylic acids is 2. The van der Waals surface area contributed by atoms with Crippen LogP contribution in [0.4, 0.5) is 17.1 Å². The highest BCUT2D eigenvalue weighted by atomic mass is 35.5. The van der Waals surface area contributed by atoms with Gasteiger partial charge in [-0.3, -0.25) is 19.7 Å². The number of aromatic nitrogens is 3. The quantitative estimate of drug-likeness (QED) is 0.182. The number of nitro groups is 1. The maximum atomic E-state index is 12.7. The number of amides is 2. The van der Waals surface area contributed by atoms with Crippen LogP contribution in [0.25, 0.3) is 11.4 Å². The highest BCUT2D eigenvalue weighted by Gasteiger charge is 2.17. The molecule has 4 aromatic rings. The first-order valence-electron chi connectivity index (χ1n) is 10.6. The number of carbonyl (C=O) groups is 2. The molecule has 10 nitrogen and oxygen atoms in total. The van der Waals surface area contributed by atoms with E-state index in [0.717, 1.165) is 17.3 Å². The van der Waals surface area contributed by atoms with E-state index in [1.165, 1.54) is 22.9 Å². The van der Waals surface area contributed by atoms with Crippen molar-refractivity contribution in [3.05, 3.63) is 94.0 Å². The van der Waals surface area contributed by atoms with E-state index in [0.29, 0.717) is 27.4 Å².